The summed E-state index contributed by atoms with van der Waals surface area (Å²) in [4.78, 5) is 25.8. The zero-order valence-corrected chi connectivity index (χ0v) is 16.4. The smallest absolute Gasteiger partial charge is 0.340 e. The van der Waals surface area contributed by atoms with E-state index in [1.165, 1.54) is 13.2 Å². The third-order valence-corrected chi connectivity index (χ3v) is 3.27. The van der Waals surface area contributed by atoms with Crippen LogP contribution in [-0.4, -0.2) is 44.0 Å². The van der Waals surface area contributed by atoms with Crippen molar-refractivity contribution in [1.82, 2.24) is 4.90 Å². The molecule has 22 heavy (non-hydrogen) atoms. The van der Waals surface area contributed by atoms with E-state index in [0.29, 0.717) is 12.0 Å². The normalized spacial score (nSPS) is 11.6. The number of nitrogens with one attached hydrogen (secondary N) is 1. The van der Waals surface area contributed by atoms with Crippen molar-refractivity contribution in [2.75, 3.05) is 26.5 Å². The summed E-state index contributed by atoms with van der Waals surface area (Å²) in [5, 5.41) is 2.71. The molecule has 1 unspecified atom stereocenters. The van der Waals surface area contributed by atoms with E-state index in [-0.39, 0.29) is 55.9 Å². The molecule has 1 atom stereocenters. The van der Waals surface area contributed by atoms with Crippen LogP contribution >= 0.6 is 0 Å². The van der Waals surface area contributed by atoms with Crippen LogP contribution in [0.4, 0.5) is 10.1 Å². The van der Waals surface area contributed by atoms with Crippen LogP contribution in [0.1, 0.15) is 29.3 Å². The minimum absolute atomic E-state index is 0. The van der Waals surface area contributed by atoms with Gasteiger partial charge in [-0.1, -0.05) is 6.92 Å². The quantitative estimate of drug-likeness (QED) is 0.790. The molecule has 0 aliphatic carbocycles. The molecule has 1 aromatic carbocycles. The van der Waals surface area contributed by atoms with E-state index in [4.69, 9.17) is 0 Å². The number of carbonyl (C=O) groups is 2. The number of hydrogen-bond donors (Lipinski definition) is 1. The SMILES string of the molecule is CCC(C(=O)Nc1c(C)cc(F)cc1C(=O)OC)N(C)C.[Y]. The van der Waals surface area contributed by atoms with Gasteiger partial charge in [-0.05, 0) is 45.1 Å². The zero-order valence-electron chi connectivity index (χ0n) is 13.6. The fraction of sp³-hybridized carbons (Fsp3) is 0.467. The van der Waals surface area contributed by atoms with Crippen LogP contribution in [0.3, 0.4) is 0 Å². The van der Waals surface area contributed by atoms with Crippen LogP contribution < -0.4 is 5.32 Å². The number of aryl methyl sites for hydroxylation is 1. The number of amides is 1. The van der Waals surface area contributed by atoms with Crippen molar-refractivity contribution >= 4 is 17.6 Å². The van der Waals surface area contributed by atoms with Crippen molar-refractivity contribution in [3.8, 4) is 0 Å². The maximum Gasteiger partial charge on any atom is 0.340 e. The second kappa shape index (κ2) is 9.33. The van der Waals surface area contributed by atoms with Gasteiger partial charge >= 0.3 is 5.97 Å². The Kier molecular flexibility index (Phi) is 8.97. The van der Waals surface area contributed by atoms with Crippen LogP contribution in [0.5, 0.6) is 0 Å². The minimum Gasteiger partial charge on any atom is -0.465 e. The molecule has 0 bridgehead atoms. The van der Waals surface area contributed by atoms with Gasteiger partial charge in [0.25, 0.3) is 0 Å². The molecule has 0 saturated heterocycles. The summed E-state index contributed by atoms with van der Waals surface area (Å²) >= 11 is 0. The van der Waals surface area contributed by atoms with E-state index in [1.807, 2.05) is 6.92 Å². The molecule has 5 nitrogen and oxygen atoms in total. The molecule has 0 fully saturated rings. The van der Waals surface area contributed by atoms with Gasteiger partial charge in [0.1, 0.15) is 5.82 Å². The third-order valence-electron chi connectivity index (χ3n) is 3.27. The first-order valence-electron chi connectivity index (χ1n) is 6.67. The van der Waals surface area contributed by atoms with Crippen molar-refractivity contribution in [3.05, 3.63) is 29.1 Å². The second-order valence-corrected chi connectivity index (χ2v) is 5.01. The molecule has 0 saturated carbocycles. The zero-order chi connectivity index (χ0) is 16.2. The number of ether oxygens (including phenoxy) is 1. The number of likely N-dealkylation sites (N-methyl/N-ethyl adjacent to an activating group) is 1. The number of halogens is 1. The molecule has 1 rings (SSSR count). The van der Waals surface area contributed by atoms with Crippen LogP contribution in [0, 0.1) is 12.7 Å². The van der Waals surface area contributed by atoms with E-state index in [2.05, 4.69) is 10.1 Å². The van der Waals surface area contributed by atoms with Crippen LogP contribution in [-0.2, 0) is 42.2 Å². The fourth-order valence-corrected chi connectivity index (χ4v) is 2.17. The van der Waals surface area contributed by atoms with Crippen molar-refractivity contribution in [2.45, 2.75) is 26.3 Å². The van der Waals surface area contributed by atoms with Gasteiger partial charge < -0.3 is 10.1 Å². The van der Waals surface area contributed by atoms with Crippen LogP contribution in [0.15, 0.2) is 12.1 Å². The Morgan fingerprint density at radius 1 is 1.36 bits per heavy atom. The van der Waals surface area contributed by atoms with Gasteiger partial charge in [0, 0.05) is 32.7 Å². The maximum absolute atomic E-state index is 13.5. The molecule has 1 radical (unpaired) electrons. The van der Waals surface area contributed by atoms with Gasteiger partial charge in [0.15, 0.2) is 0 Å². The Hall–Kier alpha value is -0.846. The van der Waals surface area contributed by atoms with Gasteiger partial charge in [-0.3, -0.25) is 9.69 Å². The number of methoxy groups -OCH3 is 1. The van der Waals surface area contributed by atoms with E-state index < -0.39 is 11.8 Å². The maximum atomic E-state index is 13.5. The third kappa shape index (κ3) is 5.11. The minimum atomic E-state index is -0.689. The predicted molar refractivity (Wildman–Crippen MR) is 78.9 cm³/mol. The predicted octanol–water partition coefficient (Wildman–Crippen LogP) is 2.20. The summed E-state index contributed by atoms with van der Waals surface area (Å²) in [5.41, 5.74) is 0.767. The number of anilines is 1. The van der Waals surface area contributed by atoms with Gasteiger partial charge in [-0.15, -0.1) is 0 Å². The average molecular weight is 385 g/mol. The molecular formula is C15H21FN2O3Y. The number of benzene rings is 1. The van der Waals surface area contributed by atoms with Crippen LogP contribution in [0.25, 0.3) is 0 Å². The summed E-state index contributed by atoms with van der Waals surface area (Å²) in [6.45, 7) is 3.52. The molecule has 0 aromatic heterocycles. The number of rotatable bonds is 5. The van der Waals surface area contributed by atoms with Gasteiger partial charge in [-0.2, -0.15) is 0 Å². The molecule has 0 heterocycles. The Morgan fingerprint density at radius 2 is 1.95 bits per heavy atom. The van der Waals surface area contributed by atoms with E-state index >= 15 is 0 Å². The van der Waals surface area contributed by atoms with Crippen molar-refractivity contribution < 1.29 is 51.4 Å². The first kappa shape index (κ1) is 21.2. The van der Waals surface area contributed by atoms with Crippen molar-refractivity contribution in [1.29, 1.82) is 0 Å². The topological polar surface area (TPSA) is 58.6 Å². The number of carbonyl (C=O) groups excluding carboxylic acids is 2. The average Bonchev–Trinajstić information content (AvgIpc) is 2.40. The molecule has 1 aromatic rings. The molecule has 0 aliphatic rings. The van der Waals surface area contributed by atoms with Gasteiger partial charge in [0.05, 0.1) is 24.4 Å². The molecule has 1 N–H and O–H groups in total. The van der Waals surface area contributed by atoms with Crippen molar-refractivity contribution in [3.63, 3.8) is 0 Å². The molecule has 7 heteroatoms. The second-order valence-electron chi connectivity index (χ2n) is 5.01. The molecular weight excluding hydrogens is 364 g/mol. The van der Waals surface area contributed by atoms with E-state index in [1.54, 1.807) is 25.9 Å². The molecule has 0 spiro atoms. The number of esters is 1. The summed E-state index contributed by atoms with van der Waals surface area (Å²) in [6, 6.07) is 1.99. The largest absolute Gasteiger partial charge is 0.465 e. The summed E-state index contributed by atoms with van der Waals surface area (Å²) < 4.78 is 18.1. The Balaban J connectivity index is 0.00000441. The molecule has 1 amide bonds. The van der Waals surface area contributed by atoms with E-state index in [0.717, 1.165) is 6.07 Å². The molecule has 119 valence electrons. The molecule has 0 aliphatic heterocycles. The fourth-order valence-electron chi connectivity index (χ4n) is 2.17. The summed E-state index contributed by atoms with van der Waals surface area (Å²) in [7, 11) is 4.81. The Bertz CT molecular complexity index is 550. The number of hydrogen-bond acceptors (Lipinski definition) is 4. The summed E-state index contributed by atoms with van der Waals surface area (Å²) in [6.07, 6.45) is 0.618. The van der Waals surface area contributed by atoms with Crippen molar-refractivity contribution in [2.24, 2.45) is 0 Å². The Labute approximate surface area is 155 Å². The van der Waals surface area contributed by atoms with Gasteiger partial charge in [-0.25, -0.2) is 9.18 Å². The monoisotopic (exact) mass is 385 g/mol. The Morgan fingerprint density at radius 3 is 2.41 bits per heavy atom. The standard InChI is InChI=1S/C15H21FN2O3.Y/c1-6-12(18(3)4)14(19)17-13-9(2)7-10(16)8-11(13)15(20)21-5;/h7-8,12H,6H2,1-5H3,(H,17,19);. The summed E-state index contributed by atoms with van der Waals surface area (Å²) in [5.74, 6) is -1.49. The van der Waals surface area contributed by atoms with Crippen LogP contribution in [0.2, 0.25) is 0 Å². The van der Waals surface area contributed by atoms with Gasteiger partial charge in [0.2, 0.25) is 5.91 Å². The first-order chi connectivity index (χ1) is 9.81. The first-order valence-corrected chi connectivity index (χ1v) is 6.67. The number of nitrogens with zero attached hydrogens (tertiary/aromatic N) is 1. The van der Waals surface area contributed by atoms with E-state index in [9.17, 15) is 14.0 Å².